The smallest absolute Gasteiger partial charge is 0.315 e. The molecule has 1 unspecified atom stereocenters. The van der Waals surface area contributed by atoms with Crippen LogP contribution in [0.4, 0.5) is 4.79 Å². The minimum absolute atomic E-state index is 0.0763. The Hall–Kier alpha value is -3.13. The summed E-state index contributed by atoms with van der Waals surface area (Å²) in [5, 5.41) is 15.8. The van der Waals surface area contributed by atoms with Crippen LogP contribution < -0.4 is 15.4 Å². The molecule has 3 aromatic rings. The van der Waals surface area contributed by atoms with Crippen molar-refractivity contribution in [1.82, 2.24) is 25.6 Å². The molecule has 0 saturated heterocycles. The van der Waals surface area contributed by atoms with Crippen LogP contribution in [0.5, 0.6) is 5.75 Å². The van der Waals surface area contributed by atoms with Crippen LogP contribution >= 0.6 is 0 Å². The van der Waals surface area contributed by atoms with Crippen molar-refractivity contribution in [2.75, 3.05) is 7.11 Å². The van der Waals surface area contributed by atoms with E-state index < -0.39 is 0 Å². The van der Waals surface area contributed by atoms with Crippen molar-refractivity contribution in [2.45, 2.75) is 50.3 Å². The van der Waals surface area contributed by atoms with Gasteiger partial charge in [0.05, 0.1) is 19.3 Å². The lowest BCUT2D eigenvalue weighted by Crippen LogP contribution is -2.45. The fraction of sp³-hybridized carbons (Fsp3) is 0.409. The maximum atomic E-state index is 12.7. The summed E-state index contributed by atoms with van der Waals surface area (Å²) in [5.41, 5.74) is 2.50. The van der Waals surface area contributed by atoms with E-state index in [0.717, 1.165) is 42.5 Å². The minimum Gasteiger partial charge on any atom is -0.497 e. The molecule has 2 heterocycles. The molecule has 1 aliphatic carbocycles. The number of carbonyl (C=O) groups excluding carboxylic acids is 1. The lowest BCUT2D eigenvalue weighted by Gasteiger charge is -2.27. The van der Waals surface area contributed by atoms with Crippen LogP contribution in [0.25, 0.3) is 11.2 Å². The van der Waals surface area contributed by atoms with Crippen LogP contribution in [-0.2, 0) is 6.42 Å². The van der Waals surface area contributed by atoms with Crippen molar-refractivity contribution in [2.24, 2.45) is 0 Å². The molecule has 1 aliphatic rings. The van der Waals surface area contributed by atoms with Gasteiger partial charge < -0.3 is 25.5 Å². The first kappa shape index (κ1) is 20.2. The number of carbonyl (C=O) groups is 1. The predicted molar refractivity (Wildman–Crippen MR) is 113 cm³/mol. The highest BCUT2D eigenvalue weighted by Gasteiger charge is 2.24. The number of methoxy groups -OCH3 is 1. The van der Waals surface area contributed by atoms with Gasteiger partial charge in [-0.25, -0.2) is 14.8 Å². The number of H-pyrrole nitrogens is 1. The number of hydrogen-bond acceptors (Lipinski definition) is 5. The summed E-state index contributed by atoms with van der Waals surface area (Å²) in [6, 6.07) is 11.0. The summed E-state index contributed by atoms with van der Waals surface area (Å²) < 4.78 is 5.23. The topological polar surface area (TPSA) is 112 Å². The van der Waals surface area contributed by atoms with Gasteiger partial charge in [0.2, 0.25) is 0 Å². The SMILES string of the molecule is COc1ccc(CC(NC(=O)NC2CCC(O)CC2)c2nc3cccnc3[nH]2)cc1. The van der Waals surface area contributed by atoms with Crippen LogP contribution in [0.1, 0.15) is 43.1 Å². The van der Waals surface area contributed by atoms with Gasteiger partial charge in [0.15, 0.2) is 5.65 Å². The molecule has 1 saturated carbocycles. The van der Waals surface area contributed by atoms with E-state index in [1.807, 2.05) is 36.4 Å². The average molecular weight is 409 g/mol. The monoisotopic (exact) mass is 409 g/mol. The summed E-state index contributed by atoms with van der Waals surface area (Å²) in [6.07, 6.45) is 5.03. The van der Waals surface area contributed by atoms with Gasteiger partial charge in [-0.05, 0) is 61.9 Å². The molecule has 158 valence electrons. The number of urea groups is 1. The number of aliphatic hydroxyl groups excluding tert-OH is 1. The maximum absolute atomic E-state index is 12.7. The second-order valence-electron chi connectivity index (χ2n) is 7.72. The molecule has 1 aromatic carbocycles. The molecule has 0 aliphatic heterocycles. The van der Waals surface area contributed by atoms with Crippen molar-refractivity contribution in [3.8, 4) is 5.75 Å². The van der Waals surface area contributed by atoms with E-state index in [2.05, 4.69) is 25.6 Å². The molecule has 0 spiro atoms. The van der Waals surface area contributed by atoms with E-state index in [4.69, 9.17) is 4.74 Å². The molecule has 2 amide bonds. The number of rotatable bonds is 6. The number of benzene rings is 1. The second-order valence-corrected chi connectivity index (χ2v) is 7.72. The van der Waals surface area contributed by atoms with Crippen LogP contribution in [0.15, 0.2) is 42.6 Å². The Bertz CT molecular complexity index is 947. The summed E-state index contributed by atoms with van der Waals surface area (Å²) >= 11 is 0. The quantitative estimate of drug-likeness (QED) is 0.500. The van der Waals surface area contributed by atoms with Crippen LogP contribution in [0.3, 0.4) is 0 Å². The zero-order chi connectivity index (χ0) is 20.9. The Morgan fingerprint density at radius 3 is 2.70 bits per heavy atom. The zero-order valence-electron chi connectivity index (χ0n) is 17.0. The normalized spacial score (nSPS) is 19.9. The van der Waals surface area contributed by atoms with Gasteiger partial charge in [0.1, 0.15) is 17.1 Å². The standard InChI is InChI=1S/C22H27N5O3/c1-30-17-10-4-14(5-11-17)13-19(21-25-18-3-2-12-23-20(18)27-21)26-22(29)24-15-6-8-16(28)9-7-15/h2-5,10-12,15-16,19,28H,6-9,13H2,1H3,(H,23,25,27)(H2,24,26,29). The zero-order valence-corrected chi connectivity index (χ0v) is 17.0. The van der Waals surface area contributed by atoms with Crippen molar-refractivity contribution in [3.63, 3.8) is 0 Å². The maximum Gasteiger partial charge on any atom is 0.315 e. The van der Waals surface area contributed by atoms with E-state index in [-0.39, 0.29) is 24.2 Å². The Balaban J connectivity index is 1.50. The lowest BCUT2D eigenvalue weighted by atomic mass is 9.93. The fourth-order valence-electron chi connectivity index (χ4n) is 3.85. The largest absolute Gasteiger partial charge is 0.497 e. The van der Waals surface area contributed by atoms with Gasteiger partial charge in [0.25, 0.3) is 0 Å². The van der Waals surface area contributed by atoms with Crippen LogP contribution in [0.2, 0.25) is 0 Å². The molecular formula is C22H27N5O3. The molecule has 2 aromatic heterocycles. The summed E-state index contributed by atoms with van der Waals surface area (Å²) in [4.78, 5) is 24.9. The van der Waals surface area contributed by atoms with Gasteiger partial charge in [-0.1, -0.05) is 12.1 Å². The summed E-state index contributed by atoms with van der Waals surface area (Å²) in [6.45, 7) is 0. The van der Waals surface area contributed by atoms with E-state index in [1.165, 1.54) is 0 Å². The molecular weight excluding hydrogens is 382 g/mol. The number of hydrogen-bond donors (Lipinski definition) is 4. The number of amides is 2. The number of nitrogens with one attached hydrogen (secondary N) is 3. The van der Waals surface area contributed by atoms with Gasteiger partial charge in [-0.15, -0.1) is 0 Å². The van der Waals surface area contributed by atoms with Crippen molar-refractivity contribution >= 4 is 17.2 Å². The molecule has 4 rings (SSSR count). The number of fused-ring (bicyclic) bond motifs is 1. The Kier molecular flexibility index (Phi) is 6.13. The van der Waals surface area contributed by atoms with Gasteiger partial charge in [-0.3, -0.25) is 0 Å². The number of pyridine rings is 1. The van der Waals surface area contributed by atoms with Crippen molar-refractivity contribution < 1.29 is 14.6 Å². The summed E-state index contributed by atoms with van der Waals surface area (Å²) in [5.74, 6) is 1.45. The average Bonchev–Trinajstić information content (AvgIpc) is 3.20. The third-order valence-corrected chi connectivity index (χ3v) is 5.54. The number of aromatic nitrogens is 3. The highest BCUT2D eigenvalue weighted by Crippen LogP contribution is 2.22. The Morgan fingerprint density at radius 2 is 2.00 bits per heavy atom. The first-order chi connectivity index (χ1) is 14.6. The van der Waals surface area contributed by atoms with Gasteiger partial charge >= 0.3 is 6.03 Å². The number of aliphatic hydroxyl groups is 1. The minimum atomic E-state index is -0.346. The van der Waals surface area contributed by atoms with E-state index in [1.54, 1.807) is 13.3 Å². The first-order valence-electron chi connectivity index (χ1n) is 10.3. The van der Waals surface area contributed by atoms with Crippen molar-refractivity contribution in [3.05, 3.63) is 54.0 Å². The predicted octanol–water partition coefficient (Wildman–Crippen LogP) is 2.85. The number of ether oxygens (including phenoxy) is 1. The fourth-order valence-corrected chi connectivity index (χ4v) is 3.85. The lowest BCUT2D eigenvalue weighted by molar-refractivity contribution is 0.117. The third kappa shape index (κ3) is 4.88. The van der Waals surface area contributed by atoms with Gasteiger partial charge in [0, 0.05) is 12.2 Å². The summed E-state index contributed by atoms with van der Waals surface area (Å²) in [7, 11) is 1.63. The van der Waals surface area contributed by atoms with Crippen LogP contribution in [-0.4, -0.2) is 45.3 Å². The third-order valence-electron chi connectivity index (χ3n) is 5.54. The molecule has 0 radical (unpaired) electrons. The van der Waals surface area contributed by atoms with E-state index >= 15 is 0 Å². The molecule has 1 atom stereocenters. The molecule has 4 N–H and O–H groups in total. The number of imidazole rings is 1. The highest BCUT2D eigenvalue weighted by atomic mass is 16.5. The highest BCUT2D eigenvalue weighted by molar-refractivity contribution is 5.75. The molecule has 8 nitrogen and oxygen atoms in total. The molecule has 0 bridgehead atoms. The molecule has 8 heteroatoms. The van der Waals surface area contributed by atoms with Crippen LogP contribution in [0, 0.1) is 0 Å². The molecule has 1 fully saturated rings. The first-order valence-corrected chi connectivity index (χ1v) is 10.3. The molecule has 30 heavy (non-hydrogen) atoms. The van der Waals surface area contributed by atoms with E-state index in [0.29, 0.717) is 17.9 Å². The Labute approximate surface area is 175 Å². The van der Waals surface area contributed by atoms with Crippen molar-refractivity contribution in [1.29, 1.82) is 0 Å². The number of nitrogens with zero attached hydrogens (tertiary/aromatic N) is 2. The van der Waals surface area contributed by atoms with Gasteiger partial charge in [-0.2, -0.15) is 0 Å². The Morgan fingerprint density at radius 1 is 1.23 bits per heavy atom. The second kappa shape index (κ2) is 9.13. The number of aromatic amines is 1. The van der Waals surface area contributed by atoms with E-state index in [9.17, 15) is 9.90 Å².